The summed E-state index contributed by atoms with van der Waals surface area (Å²) in [6, 6.07) is 0.0214. The average molecular weight is 313 g/mol. The molecule has 0 aromatic rings. The summed E-state index contributed by atoms with van der Waals surface area (Å²) in [5, 5.41) is 6.56. The first-order valence-electron chi connectivity index (χ1n) is 8.32. The quantitative estimate of drug-likeness (QED) is 0.570. The summed E-state index contributed by atoms with van der Waals surface area (Å²) in [4.78, 5) is 4.75. The maximum Gasteiger partial charge on any atom is 0.191 e. The third-order valence-corrected chi connectivity index (χ3v) is 6.60. The molecule has 1 aliphatic heterocycles. The lowest BCUT2D eigenvalue weighted by molar-refractivity contribution is 0.416. The topological polar surface area (TPSA) is 70.6 Å². The molecule has 1 atom stereocenters. The van der Waals surface area contributed by atoms with Crippen LogP contribution < -0.4 is 10.6 Å². The van der Waals surface area contributed by atoms with Crippen LogP contribution in [-0.4, -0.2) is 45.0 Å². The number of nitrogens with one attached hydrogen (secondary N) is 2. The third kappa shape index (κ3) is 4.34. The highest BCUT2D eigenvalue weighted by Crippen LogP contribution is 2.49. The second kappa shape index (κ2) is 6.15. The lowest BCUT2D eigenvalue weighted by Gasteiger charge is -2.18. The maximum atomic E-state index is 11.5. The Kier molecular flexibility index (Phi) is 4.43. The minimum atomic E-state index is -2.84. The first-order valence-corrected chi connectivity index (χ1v) is 10.1. The Labute approximate surface area is 127 Å². The molecule has 120 valence electrons. The highest BCUT2D eigenvalue weighted by Gasteiger charge is 2.41. The fraction of sp³-hybridized carbons (Fsp3) is 0.933. The van der Waals surface area contributed by atoms with Crippen molar-refractivity contribution >= 4 is 15.8 Å². The Hall–Kier alpha value is -0.780. The van der Waals surface area contributed by atoms with Gasteiger partial charge >= 0.3 is 0 Å². The summed E-state index contributed by atoms with van der Waals surface area (Å²) < 4.78 is 23.1. The van der Waals surface area contributed by atoms with Crippen molar-refractivity contribution in [3.63, 3.8) is 0 Å². The molecule has 0 amide bonds. The highest BCUT2D eigenvalue weighted by molar-refractivity contribution is 7.91. The van der Waals surface area contributed by atoms with Gasteiger partial charge in [-0.3, -0.25) is 4.99 Å². The fourth-order valence-corrected chi connectivity index (χ4v) is 5.02. The number of hydrogen-bond acceptors (Lipinski definition) is 3. The van der Waals surface area contributed by atoms with Gasteiger partial charge in [-0.1, -0.05) is 0 Å². The molecule has 2 saturated carbocycles. The second-order valence-electron chi connectivity index (χ2n) is 6.80. The molecule has 3 fully saturated rings. The minimum Gasteiger partial charge on any atom is -0.357 e. The number of guanidine groups is 1. The number of aliphatic imine (C=N–C) groups is 1. The van der Waals surface area contributed by atoms with E-state index in [1.54, 1.807) is 0 Å². The lowest BCUT2D eigenvalue weighted by atomic mass is 9.98. The number of rotatable bonds is 6. The van der Waals surface area contributed by atoms with Gasteiger partial charge in [0.1, 0.15) is 0 Å². The van der Waals surface area contributed by atoms with Gasteiger partial charge in [0.2, 0.25) is 0 Å². The van der Waals surface area contributed by atoms with Gasteiger partial charge in [-0.05, 0) is 56.8 Å². The van der Waals surface area contributed by atoms with E-state index in [1.165, 1.54) is 25.7 Å². The van der Waals surface area contributed by atoms with Crippen molar-refractivity contribution in [2.24, 2.45) is 22.7 Å². The van der Waals surface area contributed by atoms with Crippen LogP contribution in [0, 0.1) is 17.8 Å². The summed E-state index contributed by atoms with van der Waals surface area (Å²) in [5.41, 5.74) is 0. The predicted octanol–water partition coefficient (Wildman–Crippen LogP) is 1.16. The summed E-state index contributed by atoms with van der Waals surface area (Å²) in [6.45, 7) is 3.74. The van der Waals surface area contributed by atoms with Crippen LogP contribution in [-0.2, 0) is 9.84 Å². The van der Waals surface area contributed by atoms with Gasteiger partial charge in [-0.15, -0.1) is 0 Å². The Morgan fingerprint density at radius 2 is 1.86 bits per heavy atom. The molecule has 1 saturated heterocycles. The van der Waals surface area contributed by atoms with Crippen LogP contribution >= 0.6 is 0 Å². The molecular formula is C15H27N3O2S. The van der Waals surface area contributed by atoms with Crippen LogP contribution in [0.4, 0.5) is 0 Å². The predicted molar refractivity (Wildman–Crippen MR) is 85.1 cm³/mol. The van der Waals surface area contributed by atoms with Gasteiger partial charge in [-0.2, -0.15) is 0 Å². The number of sulfone groups is 1. The van der Waals surface area contributed by atoms with Crippen molar-refractivity contribution in [3.8, 4) is 0 Å². The number of hydrogen-bond donors (Lipinski definition) is 2. The standard InChI is InChI=1S/C15H27N3O2S/c1-2-16-15(18-13-7-8-21(19,20)10-13)17-9-14(11-3-4-11)12-5-6-12/h11-14H,2-10H2,1H3,(H2,16,17,18). The molecule has 1 heterocycles. The van der Waals surface area contributed by atoms with E-state index < -0.39 is 9.84 Å². The van der Waals surface area contributed by atoms with Crippen molar-refractivity contribution in [3.05, 3.63) is 0 Å². The van der Waals surface area contributed by atoms with E-state index in [-0.39, 0.29) is 11.8 Å². The molecule has 0 aromatic carbocycles. The zero-order valence-corrected chi connectivity index (χ0v) is 13.7. The molecule has 0 radical (unpaired) electrons. The van der Waals surface area contributed by atoms with Gasteiger partial charge in [-0.25, -0.2) is 8.42 Å². The lowest BCUT2D eigenvalue weighted by Crippen LogP contribution is -2.44. The first-order chi connectivity index (χ1) is 10.1. The van der Waals surface area contributed by atoms with Crippen LogP contribution in [0.3, 0.4) is 0 Å². The molecule has 0 bridgehead atoms. The summed E-state index contributed by atoms with van der Waals surface area (Å²) in [5.74, 6) is 3.90. The third-order valence-electron chi connectivity index (χ3n) is 4.83. The Balaban J connectivity index is 1.56. The fourth-order valence-electron chi connectivity index (χ4n) is 3.35. The summed E-state index contributed by atoms with van der Waals surface area (Å²) in [6.07, 6.45) is 6.20. The monoisotopic (exact) mass is 313 g/mol. The van der Waals surface area contributed by atoms with Gasteiger partial charge in [0.05, 0.1) is 11.5 Å². The van der Waals surface area contributed by atoms with E-state index in [1.807, 2.05) is 6.92 Å². The molecule has 1 unspecified atom stereocenters. The molecule has 0 aromatic heterocycles. The normalized spacial score (nSPS) is 28.9. The maximum absolute atomic E-state index is 11.5. The van der Waals surface area contributed by atoms with Gasteiger partial charge in [0, 0.05) is 19.1 Å². The molecule has 2 aliphatic carbocycles. The van der Waals surface area contributed by atoms with Crippen molar-refractivity contribution in [1.29, 1.82) is 0 Å². The van der Waals surface area contributed by atoms with E-state index in [4.69, 9.17) is 4.99 Å². The van der Waals surface area contributed by atoms with Gasteiger partial charge < -0.3 is 10.6 Å². The zero-order chi connectivity index (χ0) is 14.9. The molecule has 6 heteroatoms. The number of nitrogens with zero attached hydrogens (tertiary/aromatic N) is 1. The van der Waals surface area contributed by atoms with Crippen LogP contribution in [0.2, 0.25) is 0 Å². The summed E-state index contributed by atoms with van der Waals surface area (Å²) in [7, 11) is -2.84. The van der Waals surface area contributed by atoms with Gasteiger partial charge in [0.15, 0.2) is 15.8 Å². The van der Waals surface area contributed by atoms with E-state index in [0.29, 0.717) is 12.2 Å². The zero-order valence-electron chi connectivity index (χ0n) is 12.8. The van der Waals surface area contributed by atoms with Crippen molar-refractivity contribution in [2.45, 2.75) is 45.1 Å². The highest BCUT2D eigenvalue weighted by atomic mass is 32.2. The molecule has 2 N–H and O–H groups in total. The van der Waals surface area contributed by atoms with Crippen LogP contribution in [0.25, 0.3) is 0 Å². The SMILES string of the molecule is CCNC(=NCC(C1CC1)C1CC1)NC1CCS(=O)(=O)C1. The molecule has 0 spiro atoms. The molecule has 21 heavy (non-hydrogen) atoms. The van der Waals surface area contributed by atoms with E-state index >= 15 is 0 Å². The Morgan fingerprint density at radius 1 is 1.19 bits per heavy atom. The van der Waals surface area contributed by atoms with Crippen molar-refractivity contribution in [2.75, 3.05) is 24.6 Å². The Bertz CT molecular complexity index is 483. The van der Waals surface area contributed by atoms with E-state index in [2.05, 4.69) is 10.6 Å². The van der Waals surface area contributed by atoms with Crippen molar-refractivity contribution in [1.82, 2.24) is 10.6 Å². The van der Waals surface area contributed by atoms with Crippen LogP contribution in [0.5, 0.6) is 0 Å². The van der Waals surface area contributed by atoms with E-state index in [0.717, 1.165) is 36.8 Å². The largest absolute Gasteiger partial charge is 0.357 e. The van der Waals surface area contributed by atoms with Crippen molar-refractivity contribution < 1.29 is 8.42 Å². The smallest absolute Gasteiger partial charge is 0.191 e. The summed E-state index contributed by atoms with van der Waals surface area (Å²) >= 11 is 0. The van der Waals surface area contributed by atoms with Gasteiger partial charge in [0.25, 0.3) is 0 Å². The molecule has 3 aliphatic rings. The van der Waals surface area contributed by atoms with E-state index in [9.17, 15) is 8.42 Å². The molecule has 3 rings (SSSR count). The van der Waals surface area contributed by atoms with Crippen LogP contribution in [0.1, 0.15) is 39.0 Å². The molecular weight excluding hydrogens is 286 g/mol. The second-order valence-corrected chi connectivity index (χ2v) is 9.03. The Morgan fingerprint density at radius 3 is 2.33 bits per heavy atom. The first kappa shape index (κ1) is 15.1. The average Bonchev–Trinajstić information content (AvgIpc) is 3.31. The minimum absolute atomic E-state index is 0.0214. The van der Waals surface area contributed by atoms with Crippen LogP contribution in [0.15, 0.2) is 4.99 Å². The molecule has 5 nitrogen and oxygen atoms in total.